The molecule has 1 aromatic carbocycles. The van der Waals surface area contributed by atoms with E-state index in [0.717, 1.165) is 11.4 Å². The smallest absolute Gasteiger partial charge is 0.224 e. The van der Waals surface area contributed by atoms with Crippen molar-refractivity contribution in [1.82, 2.24) is 0 Å². The van der Waals surface area contributed by atoms with E-state index >= 15 is 0 Å². The van der Waals surface area contributed by atoms with Gasteiger partial charge in [-0.3, -0.25) is 4.79 Å². The fourth-order valence-corrected chi connectivity index (χ4v) is 3.08. The number of benzene rings is 1. The minimum Gasteiger partial charge on any atom is -0.382 e. The molecule has 1 saturated heterocycles. The predicted octanol–water partition coefficient (Wildman–Crippen LogP) is 3.34. The molecule has 0 atom stereocenters. The van der Waals surface area contributed by atoms with E-state index < -0.39 is 0 Å². The normalized spacial score (nSPS) is 16.3. The Balaban J connectivity index is 1.88. The Morgan fingerprint density at radius 3 is 2.44 bits per heavy atom. The molecule has 98 valence electrons. The van der Waals surface area contributed by atoms with Gasteiger partial charge < -0.3 is 10.6 Å². The van der Waals surface area contributed by atoms with Gasteiger partial charge in [-0.25, -0.2) is 0 Å². The van der Waals surface area contributed by atoms with Crippen molar-refractivity contribution in [1.29, 1.82) is 0 Å². The second-order valence-corrected chi connectivity index (χ2v) is 5.73. The van der Waals surface area contributed by atoms with Crippen LogP contribution in [0.2, 0.25) is 0 Å². The molecule has 0 bridgehead atoms. The van der Waals surface area contributed by atoms with Gasteiger partial charge in [0.1, 0.15) is 0 Å². The number of carbonyl (C=O) groups is 1. The molecule has 0 aromatic heterocycles. The molecule has 0 radical (unpaired) electrons. The van der Waals surface area contributed by atoms with E-state index in [2.05, 4.69) is 10.6 Å². The monoisotopic (exact) mass is 264 g/mol. The van der Waals surface area contributed by atoms with Crippen LogP contribution in [0.5, 0.6) is 0 Å². The second-order valence-electron chi connectivity index (χ2n) is 4.51. The minimum absolute atomic E-state index is 0.0556. The van der Waals surface area contributed by atoms with Crippen molar-refractivity contribution in [3.8, 4) is 0 Å². The lowest BCUT2D eigenvalue weighted by molar-refractivity contribution is -0.115. The van der Waals surface area contributed by atoms with E-state index in [9.17, 15) is 4.79 Å². The summed E-state index contributed by atoms with van der Waals surface area (Å²) < 4.78 is 0. The highest BCUT2D eigenvalue weighted by Gasteiger charge is 2.12. The van der Waals surface area contributed by atoms with Gasteiger partial charge in [0.25, 0.3) is 0 Å². The Hall–Kier alpha value is -1.16. The van der Waals surface area contributed by atoms with E-state index in [1.165, 1.54) is 24.3 Å². The van der Waals surface area contributed by atoms with Crippen LogP contribution in [-0.2, 0) is 4.79 Å². The first-order chi connectivity index (χ1) is 8.78. The van der Waals surface area contributed by atoms with Gasteiger partial charge in [-0.1, -0.05) is 6.92 Å². The molecule has 18 heavy (non-hydrogen) atoms. The van der Waals surface area contributed by atoms with Gasteiger partial charge in [0, 0.05) is 23.8 Å². The third-order valence-corrected chi connectivity index (χ3v) is 4.13. The molecule has 4 heteroatoms. The average molecular weight is 264 g/mol. The van der Waals surface area contributed by atoms with Gasteiger partial charge in [0.15, 0.2) is 0 Å². The summed E-state index contributed by atoms with van der Waals surface area (Å²) in [6, 6.07) is 8.57. The van der Waals surface area contributed by atoms with Crippen LogP contribution in [0.3, 0.4) is 0 Å². The molecule has 1 aliphatic heterocycles. The van der Waals surface area contributed by atoms with Crippen molar-refractivity contribution in [2.75, 3.05) is 22.1 Å². The molecule has 1 aliphatic rings. The molecular formula is C14H20N2OS. The summed E-state index contributed by atoms with van der Waals surface area (Å²) in [5, 5.41) is 6.40. The molecule has 3 nitrogen and oxygen atoms in total. The lowest BCUT2D eigenvalue weighted by Crippen LogP contribution is -2.24. The summed E-state index contributed by atoms with van der Waals surface area (Å²) in [4.78, 5) is 11.3. The van der Waals surface area contributed by atoms with Crippen molar-refractivity contribution in [2.24, 2.45) is 0 Å². The SMILES string of the molecule is CCC(=O)Nc1ccc(NC2CCSCC2)cc1. The van der Waals surface area contributed by atoms with Crippen LogP contribution < -0.4 is 10.6 Å². The van der Waals surface area contributed by atoms with Crippen LogP contribution in [0, 0.1) is 0 Å². The zero-order valence-corrected chi connectivity index (χ0v) is 11.6. The van der Waals surface area contributed by atoms with E-state index in [-0.39, 0.29) is 5.91 Å². The summed E-state index contributed by atoms with van der Waals surface area (Å²) in [6.45, 7) is 1.85. The highest BCUT2D eigenvalue weighted by molar-refractivity contribution is 7.99. The number of carbonyl (C=O) groups excluding carboxylic acids is 1. The van der Waals surface area contributed by atoms with Crippen LogP contribution in [0.1, 0.15) is 26.2 Å². The lowest BCUT2D eigenvalue weighted by atomic mass is 10.1. The minimum atomic E-state index is 0.0556. The maximum Gasteiger partial charge on any atom is 0.224 e. The first-order valence-electron chi connectivity index (χ1n) is 6.52. The Labute approximate surface area is 113 Å². The Kier molecular flexibility index (Phi) is 4.93. The highest BCUT2D eigenvalue weighted by atomic mass is 32.2. The van der Waals surface area contributed by atoms with Gasteiger partial charge in [-0.05, 0) is 48.6 Å². The molecule has 0 aliphatic carbocycles. The number of thioether (sulfide) groups is 1. The molecular weight excluding hydrogens is 244 g/mol. The molecule has 2 N–H and O–H groups in total. The maximum atomic E-state index is 11.3. The number of nitrogens with one attached hydrogen (secondary N) is 2. The molecule has 0 spiro atoms. The summed E-state index contributed by atoms with van der Waals surface area (Å²) in [5.41, 5.74) is 2.01. The summed E-state index contributed by atoms with van der Waals surface area (Å²) in [5.74, 6) is 2.56. The number of anilines is 2. The van der Waals surface area contributed by atoms with Crippen LogP contribution in [0.15, 0.2) is 24.3 Å². The van der Waals surface area contributed by atoms with Crippen molar-refractivity contribution >= 4 is 29.0 Å². The zero-order valence-electron chi connectivity index (χ0n) is 10.7. The standard InChI is InChI=1S/C14H20N2OS/c1-2-14(17)16-12-5-3-11(4-6-12)15-13-7-9-18-10-8-13/h3-6,13,15H,2,7-10H2,1H3,(H,16,17). The lowest BCUT2D eigenvalue weighted by Gasteiger charge is -2.23. The van der Waals surface area contributed by atoms with Crippen molar-refractivity contribution in [3.05, 3.63) is 24.3 Å². The predicted molar refractivity (Wildman–Crippen MR) is 79.3 cm³/mol. The summed E-state index contributed by atoms with van der Waals surface area (Å²) >= 11 is 2.03. The quantitative estimate of drug-likeness (QED) is 0.876. The van der Waals surface area contributed by atoms with E-state index in [1.54, 1.807) is 0 Å². The van der Waals surface area contributed by atoms with Crippen LogP contribution >= 0.6 is 11.8 Å². The zero-order chi connectivity index (χ0) is 12.8. The summed E-state index contributed by atoms with van der Waals surface area (Å²) in [7, 11) is 0. The van der Waals surface area contributed by atoms with Crippen molar-refractivity contribution in [2.45, 2.75) is 32.2 Å². The average Bonchev–Trinajstić information content (AvgIpc) is 2.42. The van der Waals surface area contributed by atoms with Crippen molar-refractivity contribution < 1.29 is 4.79 Å². The van der Waals surface area contributed by atoms with E-state index in [0.29, 0.717) is 12.5 Å². The molecule has 1 amide bonds. The molecule has 0 unspecified atom stereocenters. The molecule has 1 heterocycles. The molecule has 1 fully saturated rings. The van der Waals surface area contributed by atoms with Gasteiger partial charge in [0.2, 0.25) is 5.91 Å². The van der Waals surface area contributed by atoms with Crippen LogP contribution in [0.25, 0.3) is 0 Å². The van der Waals surface area contributed by atoms with Gasteiger partial charge in [0.05, 0.1) is 0 Å². The molecule has 2 rings (SSSR count). The van der Waals surface area contributed by atoms with Crippen LogP contribution in [0.4, 0.5) is 11.4 Å². The number of hydrogen-bond acceptors (Lipinski definition) is 3. The first-order valence-corrected chi connectivity index (χ1v) is 7.67. The number of amides is 1. The van der Waals surface area contributed by atoms with Crippen molar-refractivity contribution in [3.63, 3.8) is 0 Å². The third kappa shape index (κ3) is 3.95. The fraction of sp³-hybridized carbons (Fsp3) is 0.500. The van der Waals surface area contributed by atoms with E-state index in [4.69, 9.17) is 0 Å². The maximum absolute atomic E-state index is 11.3. The van der Waals surface area contributed by atoms with Crippen LogP contribution in [-0.4, -0.2) is 23.5 Å². The topological polar surface area (TPSA) is 41.1 Å². The fourth-order valence-electron chi connectivity index (χ4n) is 1.98. The molecule has 0 saturated carbocycles. The molecule has 1 aromatic rings. The largest absolute Gasteiger partial charge is 0.382 e. The first kappa shape index (κ1) is 13.3. The second kappa shape index (κ2) is 6.69. The van der Waals surface area contributed by atoms with Gasteiger partial charge >= 0.3 is 0 Å². The summed E-state index contributed by atoms with van der Waals surface area (Å²) in [6.07, 6.45) is 2.98. The van der Waals surface area contributed by atoms with E-state index in [1.807, 2.05) is 43.0 Å². The van der Waals surface area contributed by atoms with Gasteiger partial charge in [-0.15, -0.1) is 0 Å². The number of rotatable bonds is 4. The highest BCUT2D eigenvalue weighted by Crippen LogP contribution is 2.21. The van der Waals surface area contributed by atoms with Gasteiger partial charge in [-0.2, -0.15) is 11.8 Å². The Morgan fingerprint density at radius 1 is 1.22 bits per heavy atom. The third-order valence-electron chi connectivity index (χ3n) is 3.08. The number of hydrogen-bond donors (Lipinski definition) is 2. The Morgan fingerprint density at radius 2 is 1.83 bits per heavy atom. The Bertz CT molecular complexity index is 385.